The van der Waals surface area contributed by atoms with Crippen molar-refractivity contribution >= 4 is 23.4 Å². The lowest BCUT2D eigenvalue weighted by Gasteiger charge is -2.14. The highest BCUT2D eigenvalue weighted by molar-refractivity contribution is 5.99. The van der Waals surface area contributed by atoms with E-state index in [4.69, 9.17) is 4.74 Å². The van der Waals surface area contributed by atoms with Gasteiger partial charge in [-0.15, -0.1) is 0 Å². The number of benzene rings is 2. The number of aromatic nitrogens is 3. The van der Waals surface area contributed by atoms with Crippen LogP contribution in [-0.4, -0.2) is 33.8 Å². The first-order valence-corrected chi connectivity index (χ1v) is 11.7. The second kappa shape index (κ2) is 10.9. The molecule has 2 aromatic carbocycles. The van der Waals surface area contributed by atoms with Crippen molar-refractivity contribution in [2.45, 2.75) is 26.2 Å². The number of carbonyl (C=O) groups is 2. The first kappa shape index (κ1) is 27.2. The Morgan fingerprint density at radius 2 is 1.62 bits per heavy atom. The molecule has 39 heavy (non-hydrogen) atoms. The molecule has 0 saturated heterocycles. The van der Waals surface area contributed by atoms with Crippen LogP contribution in [0.1, 0.15) is 37.0 Å². The number of ether oxygens (including phenoxy) is 1. The van der Waals surface area contributed by atoms with Gasteiger partial charge in [0.1, 0.15) is 28.8 Å². The fourth-order valence-corrected chi connectivity index (χ4v) is 3.44. The standard InChI is InChI=1S/C27H25F3N6O3/c1-27(2,3)23-14-24(36(35-23)15-5-7-18(28)19(29)11-15)34-26(38)33-21-8-6-16(12-20(21)30)39-17-9-10-32-22(13-17)25(37)31-4/h5-14H,1-4H3,(H,31,37)(H2,33,34,38). The van der Waals surface area contributed by atoms with E-state index in [1.807, 2.05) is 20.8 Å². The molecule has 12 heteroatoms. The number of carbonyl (C=O) groups excluding carboxylic acids is 2. The number of anilines is 2. The molecule has 0 radical (unpaired) electrons. The van der Waals surface area contributed by atoms with E-state index in [0.29, 0.717) is 5.69 Å². The predicted molar refractivity (Wildman–Crippen MR) is 139 cm³/mol. The predicted octanol–water partition coefficient (Wildman–Crippen LogP) is 5.78. The molecule has 3 amide bonds. The Kier molecular flexibility index (Phi) is 7.56. The van der Waals surface area contributed by atoms with Crippen LogP contribution in [0.2, 0.25) is 0 Å². The Morgan fingerprint density at radius 3 is 2.28 bits per heavy atom. The summed E-state index contributed by atoms with van der Waals surface area (Å²) in [6.07, 6.45) is 1.38. The van der Waals surface area contributed by atoms with Crippen LogP contribution >= 0.6 is 0 Å². The monoisotopic (exact) mass is 538 g/mol. The SMILES string of the molecule is CNC(=O)c1cc(Oc2ccc(NC(=O)Nc3cc(C(C)(C)C)nn3-c3ccc(F)c(F)c3)c(F)c2)ccn1. The van der Waals surface area contributed by atoms with Crippen molar-refractivity contribution in [3.8, 4) is 17.2 Å². The van der Waals surface area contributed by atoms with E-state index >= 15 is 0 Å². The van der Waals surface area contributed by atoms with E-state index in [9.17, 15) is 22.8 Å². The Hall–Kier alpha value is -4.87. The molecule has 0 fully saturated rings. The van der Waals surface area contributed by atoms with E-state index in [2.05, 4.69) is 26.0 Å². The molecule has 0 aliphatic carbocycles. The fraction of sp³-hybridized carbons (Fsp3) is 0.185. The zero-order valence-corrected chi connectivity index (χ0v) is 21.5. The molecule has 2 heterocycles. The van der Waals surface area contributed by atoms with Gasteiger partial charge in [0.2, 0.25) is 0 Å². The Balaban J connectivity index is 1.52. The minimum absolute atomic E-state index is 0.124. The van der Waals surface area contributed by atoms with Crippen LogP contribution in [0.25, 0.3) is 5.69 Å². The van der Waals surface area contributed by atoms with Crippen LogP contribution in [0.4, 0.5) is 29.5 Å². The number of urea groups is 1. The van der Waals surface area contributed by atoms with E-state index in [1.165, 1.54) is 48.3 Å². The Bertz CT molecular complexity index is 1550. The highest BCUT2D eigenvalue weighted by Crippen LogP contribution is 2.28. The van der Waals surface area contributed by atoms with Gasteiger partial charge in [-0.3, -0.25) is 15.1 Å². The van der Waals surface area contributed by atoms with E-state index < -0.39 is 34.8 Å². The highest BCUT2D eigenvalue weighted by atomic mass is 19.2. The Morgan fingerprint density at radius 1 is 0.872 bits per heavy atom. The van der Waals surface area contributed by atoms with Crippen molar-refractivity contribution in [2.75, 3.05) is 17.7 Å². The van der Waals surface area contributed by atoms with Crippen molar-refractivity contribution in [1.82, 2.24) is 20.1 Å². The van der Waals surface area contributed by atoms with E-state index in [-0.39, 0.29) is 34.4 Å². The van der Waals surface area contributed by atoms with Gasteiger partial charge >= 0.3 is 6.03 Å². The van der Waals surface area contributed by atoms with Crippen molar-refractivity contribution in [2.24, 2.45) is 0 Å². The second-order valence-corrected chi connectivity index (χ2v) is 9.45. The first-order valence-electron chi connectivity index (χ1n) is 11.7. The third kappa shape index (κ3) is 6.35. The third-order valence-electron chi connectivity index (χ3n) is 5.48. The maximum atomic E-state index is 14.8. The maximum Gasteiger partial charge on any atom is 0.324 e. The van der Waals surface area contributed by atoms with Crippen LogP contribution < -0.4 is 20.7 Å². The van der Waals surface area contributed by atoms with Crippen LogP contribution in [0.3, 0.4) is 0 Å². The number of amides is 3. The van der Waals surface area contributed by atoms with Crippen LogP contribution in [0, 0.1) is 17.5 Å². The lowest BCUT2D eigenvalue weighted by atomic mass is 9.92. The number of hydrogen-bond acceptors (Lipinski definition) is 5. The van der Waals surface area contributed by atoms with Crippen molar-refractivity contribution < 1.29 is 27.5 Å². The molecule has 0 bridgehead atoms. The zero-order valence-electron chi connectivity index (χ0n) is 21.5. The average molecular weight is 539 g/mol. The number of pyridine rings is 1. The molecule has 0 aliphatic rings. The summed E-state index contributed by atoms with van der Waals surface area (Å²) in [7, 11) is 1.47. The first-order chi connectivity index (χ1) is 18.4. The summed E-state index contributed by atoms with van der Waals surface area (Å²) in [5.74, 6) is -2.73. The van der Waals surface area contributed by atoms with E-state index in [0.717, 1.165) is 18.2 Å². The molecular weight excluding hydrogens is 513 g/mol. The van der Waals surface area contributed by atoms with Gasteiger partial charge in [0.15, 0.2) is 11.6 Å². The average Bonchev–Trinajstić information content (AvgIpc) is 3.31. The molecule has 0 saturated carbocycles. The quantitative estimate of drug-likeness (QED) is 0.288. The van der Waals surface area contributed by atoms with Crippen LogP contribution in [-0.2, 0) is 5.41 Å². The molecule has 4 aromatic rings. The minimum atomic E-state index is -1.07. The molecule has 3 N–H and O–H groups in total. The molecule has 9 nitrogen and oxygen atoms in total. The number of halogens is 3. The van der Waals surface area contributed by atoms with Gasteiger partial charge < -0.3 is 15.4 Å². The zero-order chi connectivity index (χ0) is 28.3. The molecular formula is C27H25F3N6O3. The smallest absolute Gasteiger partial charge is 0.324 e. The molecule has 0 aliphatic heterocycles. The summed E-state index contributed by atoms with van der Waals surface area (Å²) in [6.45, 7) is 5.71. The highest BCUT2D eigenvalue weighted by Gasteiger charge is 2.22. The largest absolute Gasteiger partial charge is 0.457 e. The normalized spacial score (nSPS) is 11.2. The maximum absolute atomic E-state index is 14.8. The van der Waals surface area contributed by atoms with Gasteiger partial charge in [0.05, 0.1) is 17.1 Å². The molecule has 0 atom stereocenters. The van der Waals surface area contributed by atoms with Crippen LogP contribution in [0.15, 0.2) is 60.8 Å². The number of nitrogens with zero attached hydrogens (tertiary/aromatic N) is 3. The third-order valence-corrected chi connectivity index (χ3v) is 5.48. The molecule has 0 spiro atoms. The van der Waals surface area contributed by atoms with Gasteiger partial charge in [-0.1, -0.05) is 20.8 Å². The van der Waals surface area contributed by atoms with Crippen molar-refractivity contribution in [3.05, 3.63) is 89.6 Å². The lowest BCUT2D eigenvalue weighted by Crippen LogP contribution is -2.22. The summed E-state index contributed by atoms with van der Waals surface area (Å²) in [5, 5.41) is 11.9. The van der Waals surface area contributed by atoms with Gasteiger partial charge in [-0.25, -0.2) is 22.6 Å². The summed E-state index contributed by atoms with van der Waals surface area (Å²) in [4.78, 5) is 28.5. The molecule has 202 valence electrons. The number of nitrogens with one attached hydrogen (secondary N) is 3. The molecule has 0 unspecified atom stereocenters. The second-order valence-electron chi connectivity index (χ2n) is 9.45. The topological polar surface area (TPSA) is 110 Å². The molecule has 2 aromatic heterocycles. The summed E-state index contributed by atoms with van der Waals surface area (Å²) in [5.41, 5.74) is 0.321. The lowest BCUT2D eigenvalue weighted by molar-refractivity contribution is 0.0957. The summed E-state index contributed by atoms with van der Waals surface area (Å²) in [6, 6.07) is 10.7. The van der Waals surface area contributed by atoms with Crippen molar-refractivity contribution in [3.63, 3.8) is 0 Å². The van der Waals surface area contributed by atoms with Gasteiger partial charge in [-0.05, 0) is 30.3 Å². The fourth-order valence-electron chi connectivity index (χ4n) is 3.44. The van der Waals surface area contributed by atoms with Crippen LogP contribution in [0.5, 0.6) is 11.5 Å². The summed E-state index contributed by atoms with van der Waals surface area (Å²) >= 11 is 0. The molecule has 4 rings (SSSR count). The number of rotatable bonds is 6. The number of hydrogen-bond donors (Lipinski definition) is 3. The van der Waals surface area contributed by atoms with Gasteiger partial charge in [0.25, 0.3) is 5.91 Å². The van der Waals surface area contributed by atoms with Gasteiger partial charge in [-0.2, -0.15) is 5.10 Å². The van der Waals surface area contributed by atoms with Crippen molar-refractivity contribution in [1.29, 1.82) is 0 Å². The van der Waals surface area contributed by atoms with Gasteiger partial charge in [0, 0.05) is 42.9 Å². The Labute approximate surface area is 222 Å². The summed E-state index contributed by atoms with van der Waals surface area (Å²) < 4.78 is 49.0. The minimum Gasteiger partial charge on any atom is -0.457 e. The van der Waals surface area contributed by atoms with E-state index in [1.54, 1.807) is 6.07 Å².